The third kappa shape index (κ3) is 4.45. The number of nitrogens with zero attached hydrogens (tertiary/aromatic N) is 2. The third-order valence-electron chi connectivity index (χ3n) is 6.27. The Labute approximate surface area is 182 Å². The van der Waals surface area contributed by atoms with Crippen LogP contribution in [0.3, 0.4) is 0 Å². The number of hydrogen-bond acceptors (Lipinski definition) is 4. The third-order valence-corrected chi connectivity index (χ3v) is 8.18. The molecule has 31 heavy (non-hydrogen) atoms. The van der Waals surface area contributed by atoms with Crippen LogP contribution in [0.25, 0.3) is 0 Å². The number of carbonyl (C=O) groups excluding carboxylic acids is 1. The largest absolute Gasteiger partial charge is 0.497 e. The Bertz CT molecular complexity index is 1030. The van der Waals surface area contributed by atoms with Crippen LogP contribution in [0.4, 0.5) is 4.39 Å². The maximum atomic E-state index is 13.3. The molecule has 0 spiro atoms. The maximum absolute atomic E-state index is 13.3. The van der Waals surface area contributed by atoms with Crippen molar-refractivity contribution in [2.45, 2.75) is 36.6 Å². The van der Waals surface area contributed by atoms with Crippen LogP contribution < -0.4 is 4.74 Å². The second-order valence-electron chi connectivity index (χ2n) is 8.10. The van der Waals surface area contributed by atoms with Gasteiger partial charge in [0, 0.05) is 25.6 Å². The molecule has 2 aromatic rings. The number of halogens is 1. The normalized spacial score (nSPS) is 20.7. The van der Waals surface area contributed by atoms with Crippen molar-refractivity contribution in [1.82, 2.24) is 9.21 Å². The zero-order valence-electron chi connectivity index (χ0n) is 17.5. The molecule has 0 radical (unpaired) electrons. The van der Waals surface area contributed by atoms with Crippen molar-refractivity contribution in [1.29, 1.82) is 0 Å². The van der Waals surface area contributed by atoms with Crippen LogP contribution in [0, 0.1) is 11.7 Å². The minimum Gasteiger partial charge on any atom is -0.497 e. The smallest absolute Gasteiger partial charge is 0.243 e. The van der Waals surface area contributed by atoms with Gasteiger partial charge in [-0.25, -0.2) is 12.8 Å². The minimum absolute atomic E-state index is 0.0311. The summed E-state index contributed by atoms with van der Waals surface area (Å²) in [6.07, 6.45) is 2.84. The van der Waals surface area contributed by atoms with Gasteiger partial charge >= 0.3 is 0 Å². The molecule has 1 atom stereocenters. The summed E-state index contributed by atoms with van der Waals surface area (Å²) in [7, 11) is -2.05. The van der Waals surface area contributed by atoms with Crippen LogP contribution in [0.2, 0.25) is 0 Å². The fraction of sp³-hybridized carbons (Fsp3) is 0.435. The molecule has 0 N–H and O–H groups in total. The van der Waals surface area contributed by atoms with Crippen molar-refractivity contribution in [2.24, 2.45) is 5.92 Å². The molecule has 1 unspecified atom stereocenters. The lowest BCUT2D eigenvalue weighted by Crippen LogP contribution is -2.44. The molecule has 2 aromatic carbocycles. The number of likely N-dealkylation sites (tertiary alicyclic amines) is 1. The second-order valence-corrected chi connectivity index (χ2v) is 10.0. The number of rotatable bonds is 5. The summed E-state index contributed by atoms with van der Waals surface area (Å²) in [5.74, 6) is 0.214. The molecule has 2 aliphatic rings. The van der Waals surface area contributed by atoms with Crippen LogP contribution in [0.5, 0.6) is 5.75 Å². The molecule has 6 nitrogen and oxygen atoms in total. The van der Waals surface area contributed by atoms with E-state index in [2.05, 4.69) is 0 Å². The number of methoxy groups -OCH3 is 1. The molecule has 166 valence electrons. The van der Waals surface area contributed by atoms with Gasteiger partial charge in [0.15, 0.2) is 0 Å². The van der Waals surface area contributed by atoms with Crippen LogP contribution >= 0.6 is 0 Å². The van der Waals surface area contributed by atoms with Crippen molar-refractivity contribution in [3.05, 3.63) is 59.9 Å². The summed E-state index contributed by atoms with van der Waals surface area (Å²) in [5, 5.41) is 0. The van der Waals surface area contributed by atoms with Crippen molar-refractivity contribution in [2.75, 3.05) is 26.7 Å². The highest BCUT2D eigenvalue weighted by atomic mass is 32.2. The Balaban J connectivity index is 1.42. The molecular formula is C23H27FN2O4S. The van der Waals surface area contributed by atoms with E-state index in [0.29, 0.717) is 12.8 Å². The number of ether oxygens (including phenoxy) is 1. The topological polar surface area (TPSA) is 66.9 Å². The summed E-state index contributed by atoms with van der Waals surface area (Å²) >= 11 is 0. The zero-order chi connectivity index (χ0) is 22.0. The average Bonchev–Trinajstić information content (AvgIpc) is 3.29. The molecule has 0 aliphatic carbocycles. The number of hydrogen-bond donors (Lipinski definition) is 0. The van der Waals surface area contributed by atoms with Gasteiger partial charge in [-0.15, -0.1) is 0 Å². The lowest BCUT2D eigenvalue weighted by Gasteiger charge is -2.34. The summed E-state index contributed by atoms with van der Waals surface area (Å²) in [4.78, 5) is 15.3. The zero-order valence-corrected chi connectivity index (χ0v) is 18.4. The highest BCUT2D eigenvalue weighted by Gasteiger charge is 2.37. The standard InChI is InChI=1S/C23H27FN2O4S/c1-30-20-5-2-4-18(16-20)22-6-3-13-26(22)23(27)17-11-14-25(15-12-17)31(28,29)21-9-7-19(24)8-10-21/h2,4-5,7-10,16-17,22H,3,6,11-15H2,1H3. The summed E-state index contributed by atoms with van der Waals surface area (Å²) in [6.45, 7) is 1.29. The van der Waals surface area contributed by atoms with Gasteiger partial charge < -0.3 is 9.64 Å². The minimum atomic E-state index is -3.68. The van der Waals surface area contributed by atoms with E-state index in [-0.39, 0.29) is 35.9 Å². The summed E-state index contributed by atoms with van der Waals surface area (Å²) in [5.41, 5.74) is 1.07. The summed E-state index contributed by atoms with van der Waals surface area (Å²) in [6, 6.07) is 12.7. The number of piperidine rings is 1. The van der Waals surface area contributed by atoms with E-state index in [4.69, 9.17) is 4.74 Å². The van der Waals surface area contributed by atoms with Crippen LogP contribution in [0.1, 0.15) is 37.3 Å². The maximum Gasteiger partial charge on any atom is 0.243 e. The molecular weight excluding hydrogens is 419 g/mol. The SMILES string of the molecule is COc1cccc(C2CCCN2C(=O)C2CCN(S(=O)(=O)c3ccc(F)cc3)CC2)c1. The van der Waals surface area contributed by atoms with Crippen molar-refractivity contribution in [3.8, 4) is 5.75 Å². The fourth-order valence-electron chi connectivity index (χ4n) is 4.56. The first kappa shape index (κ1) is 21.8. The van der Waals surface area contributed by atoms with E-state index < -0.39 is 15.8 Å². The molecule has 0 saturated carbocycles. The Hall–Kier alpha value is -2.45. The highest BCUT2D eigenvalue weighted by Crippen LogP contribution is 2.36. The van der Waals surface area contributed by atoms with Gasteiger partial charge in [0.2, 0.25) is 15.9 Å². The van der Waals surface area contributed by atoms with Crippen LogP contribution in [-0.2, 0) is 14.8 Å². The molecule has 2 heterocycles. The molecule has 4 rings (SSSR count). The van der Waals surface area contributed by atoms with Gasteiger partial charge in [-0.3, -0.25) is 4.79 Å². The molecule has 2 fully saturated rings. The quantitative estimate of drug-likeness (QED) is 0.704. The summed E-state index contributed by atoms with van der Waals surface area (Å²) < 4.78 is 45.5. The van der Waals surface area contributed by atoms with Crippen LogP contribution in [-0.4, -0.2) is 50.3 Å². The number of carbonyl (C=O) groups is 1. The number of amides is 1. The first-order valence-corrected chi connectivity index (χ1v) is 12.0. The monoisotopic (exact) mass is 446 g/mol. The lowest BCUT2D eigenvalue weighted by molar-refractivity contribution is -0.137. The molecule has 0 aromatic heterocycles. The fourth-order valence-corrected chi connectivity index (χ4v) is 6.03. The lowest BCUT2D eigenvalue weighted by atomic mass is 9.95. The molecule has 2 saturated heterocycles. The Morgan fingerprint density at radius 3 is 2.42 bits per heavy atom. The first-order valence-electron chi connectivity index (χ1n) is 10.6. The van der Waals surface area contributed by atoms with E-state index >= 15 is 0 Å². The Morgan fingerprint density at radius 1 is 1.03 bits per heavy atom. The van der Waals surface area contributed by atoms with Crippen molar-refractivity contribution >= 4 is 15.9 Å². The molecule has 2 aliphatic heterocycles. The van der Waals surface area contributed by atoms with Crippen LogP contribution in [0.15, 0.2) is 53.4 Å². The first-order chi connectivity index (χ1) is 14.9. The van der Waals surface area contributed by atoms with Gasteiger partial charge in [-0.1, -0.05) is 12.1 Å². The van der Waals surface area contributed by atoms with E-state index in [0.717, 1.165) is 42.8 Å². The predicted octanol–water partition coefficient (Wildman–Crippen LogP) is 3.60. The van der Waals surface area contributed by atoms with Gasteiger partial charge in [-0.05, 0) is 67.6 Å². The van der Waals surface area contributed by atoms with Crippen molar-refractivity contribution < 1.29 is 22.3 Å². The average molecular weight is 447 g/mol. The molecule has 0 bridgehead atoms. The van der Waals surface area contributed by atoms with Gasteiger partial charge in [0.25, 0.3) is 0 Å². The molecule has 8 heteroatoms. The number of benzene rings is 2. The van der Waals surface area contributed by atoms with Gasteiger partial charge in [0.05, 0.1) is 18.0 Å². The Morgan fingerprint density at radius 2 is 1.74 bits per heavy atom. The molecule has 1 amide bonds. The van der Waals surface area contributed by atoms with Crippen molar-refractivity contribution in [3.63, 3.8) is 0 Å². The Kier molecular flexibility index (Phi) is 6.29. The van der Waals surface area contributed by atoms with E-state index in [1.54, 1.807) is 7.11 Å². The second kappa shape index (κ2) is 8.96. The number of sulfonamides is 1. The van der Waals surface area contributed by atoms with E-state index in [1.165, 1.54) is 16.4 Å². The van der Waals surface area contributed by atoms with E-state index in [1.807, 2.05) is 29.2 Å². The predicted molar refractivity (Wildman–Crippen MR) is 115 cm³/mol. The van der Waals surface area contributed by atoms with Gasteiger partial charge in [0.1, 0.15) is 11.6 Å². The van der Waals surface area contributed by atoms with E-state index in [9.17, 15) is 17.6 Å². The van der Waals surface area contributed by atoms with Gasteiger partial charge in [-0.2, -0.15) is 4.31 Å². The highest BCUT2D eigenvalue weighted by molar-refractivity contribution is 7.89.